The molecule has 17 heavy (non-hydrogen) atoms. The summed E-state index contributed by atoms with van der Waals surface area (Å²) in [6, 6.07) is 0. The van der Waals surface area contributed by atoms with E-state index in [1.165, 1.54) is 0 Å². The fraction of sp³-hybridized carbons (Fsp3) is 0. The zero-order valence-electron chi connectivity index (χ0n) is 7.68. The van der Waals surface area contributed by atoms with E-state index in [-0.39, 0.29) is 17.6 Å². The molecule has 0 bridgehead atoms. The summed E-state index contributed by atoms with van der Waals surface area (Å²) in [4.78, 5) is 0. The molecule has 0 aliphatic rings. The summed E-state index contributed by atoms with van der Waals surface area (Å²) in [5.74, 6) is 0. The van der Waals surface area contributed by atoms with Crippen LogP contribution in [0.25, 0.3) is 0 Å². The SMILES string of the molecule is OB(O)O.OB(O)O.OB(O)O.OB(O)O.[GeH4]. The van der Waals surface area contributed by atoms with Gasteiger partial charge in [-0.2, -0.15) is 0 Å². The quantitative estimate of drug-likeness (QED) is 0.186. The van der Waals surface area contributed by atoms with Crippen molar-refractivity contribution >= 4 is 46.9 Å². The van der Waals surface area contributed by atoms with Crippen molar-refractivity contribution in [1.29, 1.82) is 0 Å². The molecule has 0 aliphatic carbocycles. The zero-order chi connectivity index (χ0) is 14.3. The fourth-order valence-electron chi connectivity index (χ4n) is 0. The minimum atomic E-state index is -2.17. The second-order valence-corrected chi connectivity index (χ2v) is 1.39. The van der Waals surface area contributed by atoms with E-state index in [1.807, 2.05) is 0 Å². The van der Waals surface area contributed by atoms with Crippen LogP contribution in [0.3, 0.4) is 0 Å². The summed E-state index contributed by atoms with van der Waals surface area (Å²) in [5, 5.41) is 86.0. The summed E-state index contributed by atoms with van der Waals surface area (Å²) in [6.07, 6.45) is 0. The van der Waals surface area contributed by atoms with Gasteiger partial charge < -0.3 is 60.3 Å². The topological polar surface area (TPSA) is 243 Å². The molecule has 0 aliphatic heterocycles. The molecule has 0 spiro atoms. The van der Waals surface area contributed by atoms with E-state index in [2.05, 4.69) is 0 Å². The molecule has 0 radical (unpaired) electrons. The first-order valence-corrected chi connectivity index (χ1v) is 3.10. The van der Waals surface area contributed by atoms with Crippen LogP contribution in [0.2, 0.25) is 0 Å². The first kappa shape index (κ1) is 30.4. The Bertz CT molecular complexity index is 61.5. The first-order valence-electron chi connectivity index (χ1n) is 3.10. The van der Waals surface area contributed by atoms with Crippen LogP contribution in [0.15, 0.2) is 0 Å². The molecule has 17 heteroatoms. The Morgan fingerprint density at radius 3 is 0.294 bits per heavy atom. The molecule has 12 nitrogen and oxygen atoms in total. The van der Waals surface area contributed by atoms with E-state index in [0.29, 0.717) is 0 Å². The second-order valence-electron chi connectivity index (χ2n) is 1.39. The predicted molar refractivity (Wildman–Crippen MR) is 61.0 cm³/mol. The molecular formula is H16B4GeO12. The van der Waals surface area contributed by atoms with Crippen LogP contribution in [0.5, 0.6) is 0 Å². The van der Waals surface area contributed by atoms with Gasteiger partial charge in [-0.3, -0.25) is 0 Å². The molecular weight excluding hydrogens is 308 g/mol. The molecule has 0 aromatic carbocycles. The average molecular weight is 324 g/mol. The van der Waals surface area contributed by atoms with Crippen LogP contribution >= 0.6 is 0 Å². The average Bonchev–Trinajstić information content (AvgIpc) is 1.76. The third-order valence-corrected chi connectivity index (χ3v) is 0. The molecule has 0 atom stereocenters. The summed E-state index contributed by atoms with van der Waals surface area (Å²) >= 11 is 0. The Kier molecular flexibility index (Phi) is 45.1. The zero-order valence-corrected chi connectivity index (χ0v) is 7.68. The van der Waals surface area contributed by atoms with Gasteiger partial charge >= 0.3 is 46.9 Å². The van der Waals surface area contributed by atoms with Gasteiger partial charge in [-0.25, -0.2) is 0 Å². The molecule has 104 valence electrons. The first-order chi connectivity index (χ1) is 6.93. The molecule has 0 aromatic rings. The van der Waals surface area contributed by atoms with Gasteiger partial charge in [-0.05, 0) is 0 Å². The van der Waals surface area contributed by atoms with E-state index >= 15 is 0 Å². The van der Waals surface area contributed by atoms with Crippen molar-refractivity contribution in [2.75, 3.05) is 0 Å². The maximum atomic E-state index is 7.17. The summed E-state index contributed by atoms with van der Waals surface area (Å²) < 4.78 is 0. The summed E-state index contributed by atoms with van der Waals surface area (Å²) in [5.41, 5.74) is 0. The van der Waals surface area contributed by atoms with E-state index in [4.69, 9.17) is 60.3 Å². The molecule has 0 saturated heterocycles. The van der Waals surface area contributed by atoms with E-state index in [1.54, 1.807) is 0 Å². The van der Waals surface area contributed by atoms with Crippen molar-refractivity contribution in [3.63, 3.8) is 0 Å². The van der Waals surface area contributed by atoms with Gasteiger partial charge in [0, 0.05) is 0 Å². The number of rotatable bonds is 0. The molecule has 0 unspecified atom stereocenters. The van der Waals surface area contributed by atoms with Gasteiger partial charge in [0.25, 0.3) is 0 Å². The van der Waals surface area contributed by atoms with Gasteiger partial charge in [-0.15, -0.1) is 0 Å². The van der Waals surface area contributed by atoms with Gasteiger partial charge in [0.05, 0.1) is 0 Å². The van der Waals surface area contributed by atoms with Crippen molar-refractivity contribution in [2.45, 2.75) is 0 Å². The standard InChI is InChI=1S/4BH3O3.GeH4/c4*2-1(3)4;/h4*2-4H;1H4. The van der Waals surface area contributed by atoms with Gasteiger partial charge in [-0.1, -0.05) is 0 Å². The Morgan fingerprint density at radius 1 is 0.294 bits per heavy atom. The van der Waals surface area contributed by atoms with Crippen molar-refractivity contribution in [3.8, 4) is 0 Å². The van der Waals surface area contributed by atoms with Crippen LogP contribution < -0.4 is 0 Å². The summed E-state index contributed by atoms with van der Waals surface area (Å²) in [6.45, 7) is 0. The minimum absolute atomic E-state index is 0. The molecule has 0 amide bonds. The van der Waals surface area contributed by atoms with Crippen LogP contribution in [-0.2, 0) is 0 Å². The second kappa shape index (κ2) is 25.2. The Hall–Kier alpha value is 0.323. The third kappa shape index (κ3) is 32200. The Balaban J connectivity index is -0.0000000369. The molecule has 0 fully saturated rings. The molecule has 0 heterocycles. The fourth-order valence-corrected chi connectivity index (χ4v) is 0. The van der Waals surface area contributed by atoms with Crippen molar-refractivity contribution < 1.29 is 60.3 Å². The summed E-state index contributed by atoms with van der Waals surface area (Å²) in [7, 11) is -8.67. The Morgan fingerprint density at radius 2 is 0.294 bits per heavy atom. The van der Waals surface area contributed by atoms with Crippen LogP contribution in [0, 0.1) is 0 Å². The van der Waals surface area contributed by atoms with E-state index < -0.39 is 29.3 Å². The van der Waals surface area contributed by atoms with E-state index in [0.717, 1.165) is 0 Å². The van der Waals surface area contributed by atoms with Crippen LogP contribution in [-0.4, -0.2) is 107 Å². The normalized spacial score (nSPS) is 6.35. The Labute approximate surface area is 108 Å². The molecule has 12 N–H and O–H groups in total. The van der Waals surface area contributed by atoms with Crippen LogP contribution in [0.4, 0.5) is 0 Å². The number of hydrogen-bond acceptors (Lipinski definition) is 12. The molecule has 0 rings (SSSR count). The van der Waals surface area contributed by atoms with E-state index in [9.17, 15) is 0 Å². The maximum absolute atomic E-state index is 7.17. The van der Waals surface area contributed by atoms with Gasteiger partial charge in [0.15, 0.2) is 0 Å². The third-order valence-electron chi connectivity index (χ3n) is 0. The molecule has 0 saturated carbocycles. The van der Waals surface area contributed by atoms with Crippen LogP contribution in [0.1, 0.15) is 0 Å². The van der Waals surface area contributed by atoms with Crippen molar-refractivity contribution in [1.82, 2.24) is 0 Å². The number of hydrogen-bond donors (Lipinski definition) is 12. The van der Waals surface area contributed by atoms with Gasteiger partial charge in [0.2, 0.25) is 0 Å². The monoisotopic (exact) mass is 326 g/mol. The van der Waals surface area contributed by atoms with Gasteiger partial charge in [0.1, 0.15) is 0 Å². The van der Waals surface area contributed by atoms with Crippen molar-refractivity contribution in [3.05, 3.63) is 0 Å². The van der Waals surface area contributed by atoms with Crippen molar-refractivity contribution in [2.24, 2.45) is 0 Å². The molecule has 0 aromatic heterocycles. The predicted octanol–water partition coefficient (Wildman–Crippen LogP) is -9.66.